The van der Waals surface area contributed by atoms with Crippen LogP contribution in [-0.4, -0.2) is 16.5 Å². The summed E-state index contributed by atoms with van der Waals surface area (Å²) in [6.45, 7) is 9.39. The van der Waals surface area contributed by atoms with Crippen molar-refractivity contribution in [2.24, 2.45) is 0 Å². The molecule has 0 spiro atoms. The van der Waals surface area contributed by atoms with Gasteiger partial charge >= 0.3 is 0 Å². The second kappa shape index (κ2) is 10.6. The van der Waals surface area contributed by atoms with Crippen molar-refractivity contribution in [1.82, 2.24) is 0 Å². The minimum atomic E-state index is -3.58. The zero-order valence-corrected chi connectivity index (χ0v) is 28.7. The van der Waals surface area contributed by atoms with Gasteiger partial charge in [-0.15, -0.1) is 0 Å². The van der Waals surface area contributed by atoms with Crippen LogP contribution in [0.4, 0.5) is 17.1 Å². The second-order valence-corrected chi connectivity index (χ2v) is 19.7. The van der Waals surface area contributed by atoms with E-state index in [1.807, 2.05) is 18.2 Å². The van der Waals surface area contributed by atoms with Crippen LogP contribution < -0.4 is 20.0 Å². The number of benzene rings is 6. The Hall–Kier alpha value is -4.91. The Balaban J connectivity index is 1.18. The molecular formula is C41H35NO3SSi. The molecule has 0 atom stereocenters. The molecule has 2 aliphatic rings. The summed E-state index contributed by atoms with van der Waals surface area (Å²) in [6.07, 6.45) is 0. The van der Waals surface area contributed by atoms with E-state index < -0.39 is 17.9 Å². The van der Waals surface area contributed by atoms with Crippen molar-refractivity contribution in [3.63, 3.8) is 0 Å². The highest BCUT2D eigenvalue weighted by atomic mass is 32.2. The summed E-state index contributed by atoms with van der Waals surface area (Å²) < 4.78 is 32.9. The van der Waals surface area contributed by atoms with E-state index in [2.05, 4.69) is 117 Å². The van der Waals surface area contributed by atoms with Crippen molar-refractivity contribution >= 4 is 45.3 Å². The molecule has 4 nitrogen and oxygen atoms in total. The Labute approximate surface area is 277 Å². The lowest BCUT2D eigenvalue weighted by Crippen LogP contribution is -2.56. The smallest absolute Gasteiger partial charge is 0.206 e. The highest BCUT2D eigenvalue weighted by Crippen LogP contribution is 2.51. The molecule has 0 fully saturated rings. The van der Waals surface area contributed by atoms with Gasteiger partial charge in [-0.3, -0.25) is 0 Å². The minimum Gasteiger partial charge on any atom is -0.458 e. The molecule has 232 valence electrons. The number of nitrogens with zero attached hydrogens (tertiary/aromatic N) is 1. The van der Waals surface area contributed by atoms with Crippen molar-refractivity contribution in [3.8, 4) is 22.6 Å². The molecule has 0 radical (unpaired) electrons. The van der Waals surface area contributed by atoms with E-state index in [-0.39, 0.29) is 10.3 Å². The predicted molar refractivity (Wildman–Crippen MR) is 194 cm³/mol. The number of ether oxygens (including phenoxy) is 1. The van der Waals surface area contributed by atoms with Crippen LogP contribution in [0.5, 0.6) is 11.5 Å². The topological polar surface area (TPSA) is 46.6 Å². The maximum Gasteiger partial charge on any atom is 0.206 e. The van der Waals surface area contributed by atoms with Crippen LogP contribution in [0.1, 0.15) is 25.0 Å². The van der Waals surface area contributed by atoms with Crippen molar-refractivity contribution < 1.29 is 13.2 Å². The molecule has 6 heteroatoms. The van der Waals surface area contributed by atoms with E-state index in [1.54, 1.807) is 36.4 Å². The van der Waals surface area contributed by atoms with Crippen molar-refractivity contribution in [2.75, 3.05) is 4.90 Å². The van der Waals surface area contributed by atoms with Gasteiger partial charge < -0.3 is 9.64 Å². The molecule has 6 aromatic rings. The van der Waals surface area contributed by atoms with Crippen LogP contribution in [-0.2, 0) is 15.3 Å². The molecule has 2 aliphatic heterocycles. The number of rotatable bonds is 4. The third kappa shape index (κ3) is 4.58. The average Bonchev–Trinajstić information content (AvgIpc) is 3.09. The van der Waals surface area contributed by atoms with Crippen molar-refractivity contribution in [3.05, 3.63) is 151 Å². The average molecular weight is 650 g/mol. The Morgan fingerprint density at radius 3 is 1.72 bits per heavy atom. The quantitative estimate of drug-likeness (QED) is 0.179. The maximum atomic E-state index is 13.2. The van der Waals surface area contributed by atoms with Gasteiger partial charge in [0.05, 0.1) is 21.2 Å². The molecule has 0 saturated carbocycles. The van der Waals surface area contributed by atoms with Gasteiger partial charge in [-0.2, -0.15) is 0 Å². The first-order valence-electron chi connectivity index (χ1n) is 15.9. The number of fused-ring (bicyclic) bond motifs is 4. The Bertz CT molecular complexity index is 2250. The number of hydrogen-bond donors (Lipinski definition) is 0. The first kappa shape index (κ1) is 29.5. The maximum absolute atomic E-state index is 13.2. The van der Waals surface area contributed by atoms with E-state index in [0.717, 1.165) is 28.3 Å². The SMILES string of the molecule is CC1(C)c2ccccc2N(c2ccc3c(c2)[Si](C)(C)c2cc(-c4ccc(S(=O)(=O)c5ccccc5)cc4)ccc2O3)c2ccccc21. The first-order valence-corrected chi connectivity index (χ1v) is 20.4. The van der Waals surface area contributed by atoms with Crippen LogP contribution in [0.15, 0.2) is 149 Å². The Kier molecular flexibility index (Phi) is 6.62. The minimum absolute atomic E-state index is 0.117. The van der Waals surface area contributed by atoms with Gasteiger partial charge in [0.15, 0.2) is 0 Å². The van der Waals surface area contributed by atoms with Crippen LogP contribution in [0.25, 0.3) is 11.1 Å². The molecular weight excluding hydrogens is 615 g/mol. The van der Waals surface area contributed by atoms with E-state index in [1.165, 1.54) is 32.9 Å². The van der Waals surface area contributed by atoms with E-state index in [4.69, 9.17) is 4.74 Å². The fourth-order valence-electron chi connectivity index (χ4n) is 7.29. The normalized spacial score (nSPS) is 15.4. The highest BCUT2D eigenvalue weighted by Gasteiger charge is 2.40. The summed E-state index contributed by atoms with van der Waals surface area (Å²) in [5.74, 6) is 1.81. The molecule has 0 saturated heterocycles. The number of sulfone groups is 1. The lowest BCUT2D eigenvalue weighted by atomic mass is 9.73. The molecule has 0 unspecified atom stereocenters. The molecule has 47 heavy (non-hydrogen) atoms. The Morgan fingerprint density at radius 1 is 0.574 bits per heavy atom. The number of anilines is 3. The van der Waals surface area contributed by atoms with Gasteiger partial charge in [-0.05, 0) is 93.3 Å². The standard InChI is InChI=1S/C41H35NO3SSi/c1-41(2)33-14-8-10-16-35(33)42(36-17-11-9-15-34(36)41)30-21-25-38-40(27-30)47(3,4)39-26-29(20-24-37(39)45-38)28-18-22-32(23-19-28)46(43,44)31-12-6-5-7-13-31/h5-27H,1-4H3. The van der Waals surface area contributed by atoms with Gasteiger partial charge in [-0.1, -0.05) is 106 Å². The van der Waals surface area contributed by atoms with Crippen LogP contribution in [0, 0.1) is 0 Å². The lowest BCUT2D eigenvalue weighted by molar-refractivity contribution is 0.487. The predicted octanol–water partition coefficient (Wildman–Crippen LogP) is 9.22. The van der Waals surface area contributed by atoms with Gasteiger partial charge in [0, 0.05) is 11.1 Å². The van der Waals surface area contributed by atoms with E-state index >= 15 is 0 Å². The summed E-state index contributed by atoms with van der Waals surface area (Å²) in [6, 6.07) is 46.2. The van der Waals surface area contributed by atoms with E-state index in [0.29, 0.717) is 4.90 Å². The van der Waals surface area contributed by atoms with Crippen LogP contribution >= 0.6 is 0 Å². The molecule has 0 aliphatic carbocycles. The first-order chi connectivity index (χ1) is 22.6. The van der Waals surface area contributed by atoms with Gasteiger partial charge in [-0.25, -0.2) is 8.42 Å². The molecule has 6 aromatic carbocycles. The van der Waals surface area contributed by atoms with Crippen molar-refractivity contribution in [1.29, 1.82) is 0 Å². The molecule has 0 amide bonds. The van der Waals surface area contributed by atoms with Gasteiger partial charge in [0.2, 0.25) is 9.84 Å². The zero-order chi connectivity index (χ0) is 32.6. The van der Waals surface area contributed by atoms with E-state index in [9.17, 15) is 8.42 Å². The summed E-state index contributed by atoms with van der Waals surface area (Å²) in [7, 11) is -5.81. The van der Waals surface area contributed by atoms with Gasteiger partial charge in [0.25, 0.3) is 0 Å². The summed E-state index contributed by atoms with van der Waals surface area (Å²) in [5.41, 5.74) is 8.03. The fraction of sp³-hybridized carbons (Fsp3) is 0.122. The lowest BCUT2D eigenvalue weighted by Gasteiger charge is -2.42. The summed E-state index contributed by atoms with van der Waals surface area (Å²) >= 11 is 0. The van der Waals surface area contributed by atoms with Crippen LogP contribution in [0.3, 0.4) is 0 Å². The van der Waals surface area contributed by atoms with Crippen molar-refractivity contribution in [2.45, 2.75) is 42.1 Å². The molecule has 2 heterocycles. The second-order valence-electron chi connectivity index (χ2n) is 13.5. The largest absolute Gasteiger partial charge is 0.458 e. The van der Waals surface area contributed by atoms with Crippen LogP contribution in [0.2, 0.25) is 13.1 Å². The monoisotopic (exact) mass is 649 g/mol. The molecule has 0 bridgehead atoms. The summed E-state index contributed by atoms with van der Waals surface area (Å²) in [5, 5.41) is 2.48. The molecule has 8 rings (SSSR count). The van der Waals surface area contributed by atoms with Gasteiger partial charge in [0.1, 0.15) is 19.6 Å². The molecule has 0 aromatic heterocycles. The molecule has 0 N–H and O–H groups in total. The number of para-hydroxylation sites is 2. The Morgan fingerprint density at radius 2 is 1.09 bits per heavy atom. The number of hydrogen-bond acceptors (Lipinski definition) is 4. The zero-order valence-electron chi connectivity index (χ0n) is 26.9. The summed E-state index contributed by atoms with van der Waals surface area (Å²) in [4.78, 5) is 2.98. The highest BCUT2D eigenvalue weighted by molar-refractivity contribution is 7.91. The third-order valence-electron chi connectivity index (χ3n) is 9.96. The fourth-order valence-corrected chi connectivity index (χ4v) is 11.4. The third-order valence-corrected chi connectivity index (χ3v) is 15.2.